The molecule has 2 saturated heterocycles. The van der Waals surface area contributed by atoms with Crippen molar-refractivity contribution in [1.29, 1.82) is 0 Å². The standard InChI is InChI=1S/C29H39NO5/c1-17-10-9-13-20-25-28(4,35-25)18(2)24-21(14-19-11-7-6-8-12-19)30-26(32)29(20,24)22(31)15-23(34-5)27(3,33)16-17/h6-9,11-13,17-18,20-21,23-25,33H,10,14-16H2,1-5H3,(H,30,32)/b13-9+/t17-,18+,20+,21+,23+,24+,25?,27-,28-,29+/m1/s1. The third-order valence-electron chi connectivity index (χ3n) is 9.59. The highest BCUT2D eigenvalue weighted by molar-refractivity contribution is 6.09. The van der Waals surface area contributed by atoms with E-state index in [0.717, 1.165) is 12.0 Å². The van der Waals surface area contributed by atoms with E-state index in [1.165, 1.54) is 0 Å². The zero-order valence-corrected chi connectivity index (χ0v) is 21.5. The average molecular weight is 482 g/mol. The summed E-state index contributed by atoms with van der Waals surface area (Å²) in [6.07, 6.45) is 5.25. The number of hydrogen-bond donors (Lipinski definition) is 2. The molecule has 3 fully saturated rings. The summed E-state index contributed by atoms with van der Waals surface area (Å²) in [6.45, 7) is 8.11. The van der Waals surface area contributed by atoms with Crippen molar-refractivity contribution in [2.45, 2.75) is 82.8 Å². The molecule has 190 valence electrons. The number of fused-ring (bicyclic) bond motifs is 2. The molecule has 2 aliphatic carbocycles. The van der Waals surface area contributed by atoms with Crippen molar-refractivity contribution < 1.29 is 24.2 Å². The van der Waals surface area contributed by atoms with Gasteiger partial charge in [0.15, 0.2) is 5.78 Å². The van der Waals surface area contributed by atoms with Gasteiger partial charge in [0, 0.05) is 31.4 Å². The van der Waals surface area contributed by atoms with Crippen LogP contribution in [0.1, 0.15) is 52.5 Å². The largest absolute Gasteiger partial charge is 0.387 e. The summed E-state index contributed by atoms with van der Waals surface area (Å²) in [6, 6.07) is 9.95. The molecule has 1 aromatic rings. The Morgan fingerprint density at radius 2 is 1.89 bits per heavy atom. The van der Waals surface area contributed by atoms with E-state index in [-0.39, 0.29) is 59.5 Å². The number of aliphatic hydroxyl groups is 1. The maximum absolute atomic E-state index is 14.4. The van der Waals surface area contributed by atoms with Crippen LogP contribution < -0.4 is 5.32 Å². The van der Waals surface area contributed by atoms with E-state index in [1.54, 1.807) is 14.0 Å². The lowest BCUT2D eigenvalue weighted by Crippen LogP contribution is -2.59. The quantitative estimate of drug-likeness (QED) is 0.392. The maximum Gasteiger partial charge on any atom is 0.235 e. The van der Waals surface area contributed by atoms with E-state index in [0.29, 0.717) is 12.8 Å². The van der Waals surface area contributed by atoms with Crippen molar-refractivity contribution in [2.24, 2.45) is 29.1 Å². The first-order chi connectivity index (χ1) is 16.6. The molecule has 0 bridgehead atoms. The number of hydrogen-bond acceptors (Lipinski definition) is 5. The van der Waals surface area contributed by atoms with Gasteiger partial charge in [0.1, 0.15) is 5.41 Å². The summed E-state index contributed by atoms with van der Waals surface area (Å²) in [5, 5.41) is 14.6. The number of rotatable bonds is 3. The summed E-state index contributed by atoms with van der Waals surface area (Å²) in [5.41, 5.74) is -1.64. The van der Waals surface area contributed by atoms with Crippen molar-refractivity contribution in [1.82, 2.24) is 5.32 Å². The van der Waals surface area contributed by atoms with Crippen LogP contribution in [0.4, 0.5) is 0 Å². The van der Waals surface area contributed by atoms with Crippen LogP contribution in [-0.2, 0) is 25.5 Å². The number of methoxy groups -OCH3 is 1. The number of ether oxygens (including phenoxy) is 2. The zero-order valence-electron chi connectivity index (χ0n) is 21.5. The highest BCUT2D eigenvalue weighted by Crippen LogP contribution is 2.66. The van der Waals surface area contributed by atoms with E-state index in [9.17, 15) is 14.7 Å². The van der Waals surface area contributed by atoms with E-state index >= 15 is 0 Å². The molecular weight excluding hydrogens is 442 g/mol. The van der Waals surface area contributed by atoms with Crippen molar-refractivity contribution in [3.63, 3.8) is 0 Å². The normalized spacial score (nSPS) is 48.1. The molecule has 1 saturated carbocycles. The van der Waals surface area contributed by atoms with Crippen LogP contribution in [-0.4, -0.2) is 53.4 Å². The number of carbonyl (C=O) groups is 2. The minimum atomic E-state index is -1.24. The summed E-state index contributed by atoms with van der Waals surface area (Å²) < 4.78 is 12.0. The van der Waals surface area contributed by atoms with Gasteiger partial charge < -0.3 is 19.9 Å². The molecule has 0 radical (unpaired) electrons. The monoisotopic (exact) mass is 481 g/mol. The van der Waals surface area contributed by atoms with Gasteiger partial charge in [-0.1, -0.05) is 56.3 Å². The summed E-state index contributed by atoms with van der Waals surface area (Å²) in [4.78, 5) is 28.4. The molecule has 4 aliphatic rings. The van der Waals surface area contributed by atoms with Crippen molar-refractivity contribution in [2.75, 3.05) is 7.11 Å². The number of Topliss-reactive ketones (excluding diaryl/α,β-unsaturated/α-hetero) is 1. The molecule has 35 heavy (non-hydrogen) atoms. The predicted octanol–water partition coefficient (Wildman–Crippen LogP) is 3.46. The lowest BCUT2D eigenvalue weighted by atomic mass is 9.51. The van der Waals surface area contributed by atoms with Crippen LogP contribution in [0.3, 0.4) is 0 Å². The highest BCUT2D eigenvalue weighted by atomic mass is 16.6. The van der Waals surface area contributed by atoms with E-state index in [1.807, 2.05) is 18.2 Å². The third-order valence-corrected chi connectivity index (χ3v) is 9.59. The number of ketones is 1. The van der Waals surface area contributed by atoms with Gasteiger partial charge in [-0.25, -0.2) is 0 Å². The van der Waals surface area contributed by atoms with Crippen molar-refractivity contribution in [3.05, 3.63) is 48.0 Å². The lowest BCUT2D eigenvalue weighted by molar-refractivity contribution is -0.155. The fourth-order valence-corrected chi connectivity index (χ4v) is 7.66. The van der Waals surface area contributed by atoms with Gasteiger partial charge in [-0.15, -0.1) is 0 Å². The number of nitrogens with one attached hydrogen (secondary N) is 1. The van der Waals surface area contributed by atoms with Gasteiger partial charge in [0.2, 0.25) is 5.91 Å². The molecular formula is C29H39NO5. The Kier molecular flexibility index (Phi) is 6.01. The Bertz CT molecular complexity index is 1020. The molecule has 2 heterocycles. The van der Waals surface area contributed by atoms with E-state index in [2.05, 4.69) is 50.4 Å². The predicted molar refractivity (Wildman–Crippen MR) is 133 cm³/mol. The van der Waals surface area contributed by atoms with Crippen LogP contribution in [0, 0.1) is 29.1 Å². The Hall–Kier alpha value is -2.02. The molecule has 6 nitrogen and oxygen atoms in total. The topological polar surface area (TPSA) is 88.2 Å². The maximum atomic E-state index is 14.4. The van der Waals surface area contributed by atoms with Gasteiger partial charge in [-0.2, -0.15) is 0 Å². The Morgan fingerprint density at radius 3 is 2.57 bits per heavy atom. The Balaban J connectivity index is 1.62. The molecule has 6 heteroatoms. The first-order valence-corrected chi connectivity index (χ1v) is 13.0. The van der Waals surface area contributed by atoms with Gasteiger partial charge in [0.25, 0.3) is 0 Å². The van der Waals surface area contributed by atoms with Crippen LogP contribution in [0.2, 0.25) is 0 Å². The fourth-order valence-electron chi connectivity index (χ4n) is 7.66. The van der Waals surface area contributed by atoms with Gasteiger partial charge in [-0.3, -0.25) is 9.59 Å². The first kappa shape index (κ1) is 24.7. The lowest BCUT2D eigenvalue weighted by Gasteiger charge is -2.46. The fraction of sp³-hybridized carbons (Fsp3) is 0.655. The van der Waals surface area contributed by atoms with Gasteiger partial charge in [0.05, 0.1) is 23.4 Å². The smallest absolute Gasteiger partial charge is 0.235 e. The summed E-state index contributed by atoms with van der Waals surface area (Å²) in [7, 11) is 1.54. The van der Waals surface area contributed by atoms with Crippen LogP contribution in [0.15, 0.2) is 42.5 Å². The molecule has 5 rings (SSSR count). The second-order valence-corrected chi connectivity index (χ2v) is 11.9. The molecule has 10 atom stereocenters. The minimum Gasteiger partial charge on any atom is -0.387 e. The molecule has 1 amide bonds. The highest BCUT2D eigenvalue weighted by Gasteiger charge is 2.78. The van der Waals surface area contributed by atoms with Crippen LogP contribution >= 0.6 is 0 Å². The molecule has 1 aromatic carbocycles. The van der Waals surface area contributed by atoms with Crippen LogP contribution in [0.25, 0.3) is 0 Å². The molecule has 2 N–H and O–H groups in total. The number of epoxide rings is 1. The number of carbonyl (C=O) groups excluding carboxylic acids is 2. The Morgan fingerprint density at radius 1 is 1.17 bits per heavy atom. The summed E-state index contributed by atoms with van der Waals surface area (Å²) in [5.74, 6) is -0.683. The molecule has 1 unspecified atom stereocenters. The van der Waals surface area contributed by atoms with Crippen molar-refractivity contribution >= 4 is 11.7 Å². The molecule has 1 spiro atoms. The first-order valence-electron chi connectivity index (χ1n) is 13.0. The van der Waals surface area contributed by atoms with Crippen molar-refractivity contribution in [3.8, 4) is 0 Å². The number of benzene rings is 1. The van der Waals surface area contributed by atoms with Gasteiger partial charge >= 0.3 is 0 Å². The molecule has 2 aliphatic heterocycles. The van der Waals surface area contributed by atoms with E-state index < -0.39 is 17.1 Å². The number of allylic oxidation sites excluding steroid dienone is 1. The second kappa shape index (κ2) is 8.53. The average Bonchev–Trinajstić information content (AvgIpc) is 3.42. The summed E-state index contributed by atoms with van der Waals surface area (Å²) >= 11 is 0. The third kappa shape index (κ3) is 3.71. The molecule has 0 aromatic heterocycles. The van der Waals surface area contributed by atoms with Crippen LogP contribution in [0.5, 0.6) is 0 Å². The minimum absolute atomic E-state index is 0.00130. The van der Waals surface area contributed by atoms with E-state index in [4.69, 9.17) is 9.47 Å². The second-order valence-electron chi connectivity index (χ2n) is 11.9. The SMILES string of the molecule is CO[C@H]1CC(=O)[C@]23C(=O)N[C@@H](Cc4ccccc4)[C@@H]2[C@H](C)[C@@]2(C)OC2[C@@H]3/C=C/C[C@@H](C)C[C@@]1(C)O. The zero-order chi connectivity index (χ0) is 25.2. The number of amides is 1. The van der Waals surface area contributed by atoms with Gasteiger partial charge in [-0.05, 0) is 50.5 Å². The Labute approximate surface area is 208 Å².